The standard InChI is InChI=1S/C13H16N2O5/c1-7-3-4-9(8(2)5-7)14-13(20)15-10(12(18)19)6-11(16)17/h3-5,10H,6H2,1-2H3,(H,16,17)(H,18,19)(H2,14,15,20)/t10-/m0/s1. The number of rotatable bonds is 5. The molecular weight excluding hydrogens is 264 g/mol. The van der Waals surface area contributed by atoms with Gasteiger partial charge in [-0.1, -0.05) is 17.7 Å². The van der Waals surface area contributed by atoms with E-state index in [4.69, 9.17) is 10.2 Å². The highest BCUT2D eigenvalue weighted by atomic mass is 16.4. The summed E-state index contributed by atoms with van der Waals surface area (Å²) < 4.78 is 0. The summed E-state index contributed by atoms with van der Waals surface area (Å²) in [5, 5.41) is 22.0. The second kappa shape index (κ2) is 6.55. The summed E-state index contributed by atoms with van der Waals surface area (Å²) in [5.74, 6) is -2.70. The molecule has 0 spiro atoms. The van der Waals surface area contributed by atoms with Crippen molar-refractivity contribution in [3.63, 3.8) is 0 Å². The number of aliphatic carboxylic acids is 2. The van der Waals surface area contributed by atoms with Crippen LogP contribution >= 0.6 is 0 Å². The van der Waals surface area contributed by atoms with Crippen molar-refractivity contribution in [3.8, 4) is 0 Å². The maximum absolute atomic E-state index is 11.7. The van der Waals surface area contributed by atoms with E-state index < -0.39 is 30.4 Å². The molecule has 0 aliphatic rings. The molecule has 0 unspecified atom stereocenters. The summed E-state index contributed by atoms with van der Waals surface area (Å²) in [5.41, 5.74) is 2.39. The molecule has 1 rings (SSSR count). The Labute approximate surface area is 115 Å². The smallest absolute Gasteiger partial charge is 0.326 e. The van der Waals surface area contributed by atoms with Gasteiger partial charge in [0.05, 0.1) is 6.42 Å². The van der Waals surface area contributed by atoms with Crippen LogP contribution in [0.15, 0.2) is 18.2 Å². The fourth-order valence-corrected chi connectivity index (χ4v) is 1.65. The minimum absolute atomic E-state index is 0.535. The van der Waals surface area contributed by atoms with Crippen molar-refractivity contribution in [3.05, 3.63) is 29.3 Å². The molecule has 1 aromatic carbocycles. The molecule has 4 N–H and O–H groups in total. The van der Waals surface area contributed by atoms with Crippen LogP contribution in [-0.2, 0) is 9.59 Å². The van der Waals surface area contributed by atoms with Gasteiger partial charge >= 0.3 is 18.0 Å². The lowest BCUT2D eigenvalue weighted by atomic mass is 10.1. The molecule has 108 valence electrons. The van der Waals surface area contributed by atoms with Gasteiger partial charge < -0.3 is 20.8 Å². The van der Waals surface area contributed by atoms with E-state index in [9.17, 15) is 14.4 Å². The molecule has 0 fully saturated rings. The highest BCUT2D eigenvalue weighted by Crippen LogP contribution is 2.15. The van der Waals surface area contributed by atoms with E-state index in [0.29, 0.717) is 5.69 Å². The van der Waals surface area contributed by atoms with Crippen LogP contribution in [0.1, 0.15) is 17.5 Å². The van der Waals surface area contributed by atoms with E-state index in [2.05, 4.69) is 10.6 Å². The predicted molar refractivity (Wildman–Crippen MR) is 71.7 cm³/mol. The largest absolute Gasteiger partial charge is 0.481 e. The summed E-state index contributed by atoms with van der Waals surface area (Å²) in [7, 11) is 0. The first kappa shape index (κ1) is 15.5. The van der Waals surface area contributed by atoms with Crippen molar-refractivity contribution in [2.45, 2.75) is 26.3 Å². The van der Waals surface area contributed by atoms with Gasteiger partial charge in [-0.25, -0.2) is 9.59 Å². The van der Waals surface area contributed by atoms with Gasteiger partial charge in [-0.05, 0) is 25.5 Å². The van der Waals surface area contributed by atoms with Gasteiger partial charge in [0.2, 0.25) is 0 Å². The molecule has 20 heavy (non-hydrogen) atoms. The number of carbonyl (C=O) groups excluding carboxylic acids is 1. The van der Waals surface area contributed by atoms with E-state index in [-0.39, 0.29) is 0 Å². The highest BCUT2D eigenvalue weighted by Gasteiger charge is 2.23. The number of benzene rings is 1. The number of nitrogens with one attached hydrogen (secondary N) is 2. The molecule has 0 aliphatic heterocycles. The Bertz CT molecular complexity index is 542. The van der Waals surface area contributed by atoms with Gasteiger partial charge in [-0.15, -0.1) is 0 Å². The topological polar surface area (TPSA) is 116 Å². The normalized spacial score (nSPS) is 11.5. The SMILES string of the molecule is Cc1ccc(NC(=O)N[C@@H](CC(=O)O)C(=O)O)c(C)c1. The van der Waals surface area contributed by atoms with Crippen LogP contribution in [0.25, 0.3) is 0 Å². The maximum Gasteiger partial charge on any atom is 0.326 e. The molecule has 0 bridgehead atoms. The van der Waals surface area contributed by atoms with E-state index in [1.54, 1.807) is 19.1 Å². The highest BCUT2D eigenvalue weighted by molar-refractivity contribution is 5.93. The summed E-state index contributed by atoms with van der Waals surface area (Å²) in [6.45, 7) is 3.71. The van der Waals surface area contributed by atoms with Crippen molar-refractivity contribution in [2.75, 3.05) is 5.32 Å². The second-order valence-corrected chi connectivity index (χ2v) is 4.41. The summed E-state index contributed by atoms with van der Waals surface area (Å²) >= 11 is 0. The third kappa shape index (κ3) is 4.60. The van der Waals surface area contributed by atoms with Crippen LogP contribution < -0.4 is 10.6 Å². The number of carbonyl (C=O) groups is 3. The van der Waals surface area contributed by atoms with E-state index >= 15 is 0 Å². The van der Waals surface area contributed by atoms with Crippen LogP contribution in [0.2, 0.25) is 0 Å². The van der Waals surface area contributed by atoms with Crippen LogP contribution in [0.4, 0.5) is 10.5 Å². The first-order valence-electron chi connectivity index (χ1n) is 5.89. The number of hydrogen-bond acceptors (Lipinski definition) is 3. The maximum atomic E-state index is 11.7. The van der Waals surface area contributed by atoms with Crippen molar-refractivity contribution >= 4 is 23.7 Å². The number of urea groups is 1. The zero-order chi connectivity index (χ0) is 15.3. The van der Waals surface area contributed by atoms with Gasteiger partial charge in [-0.2, -0.15) is 0 Å². The number of hydrogen-bond donors (Lipinski definition) is 4. The molecule has 2 amide bonds. The fourth-order valence-electron chi connectivity index (χ4n) is 1.65. The first-order chi connectivity index (χ1) is 9.29. The third-order valence-corrected chi connectivity index (χ3v) is 2.61. The lowest BCUT2D eigenvalue weighted by molar-refractivity contribution is -0.145. The molecule has 0 heterocycles. The predicted octanol–water partition coefficient (Wildman–Crippen LogP) is 1.35. The average molecular weight is 280 g/mol. The quantitative estimate of drug-likeness (QED) is 0.649. The van der Waals surface area contributed by atoms with Gasteiger partial charge in [0.25, 0.3) is 0 Å². The number of carboxylic acid groups (broad SMARTS) is 2. The number of amides is 2. The van der Waals surface area contributed by atoms with Crippen LogP contribution in [0, 0.1) is 13.8 Å². The minimum atomic E-state index is -1.47. The van der Waals surface area contributed by atoms with Crippen molar-refractivity contribution < 1.29 is 24.6 Å². The Balaban J connectivity index is 2.70. The minimum Gasteiger partial charge on any atom is -0.481 e. The Morgan fingerprint density at radius 1 is 1.20 bits per heavy atom. The Morgan fingerprint density at radius 3 is 2.35 bits per heavy atom. The Hall–Kier alpha value is -2.57. The number of anilines is 1. The van der Waals surface area contributed by atoms with Gasteiger partial charge in [0.15, 0.2) is 0 Å². The summed E-state index contributed by atoms with van der Waals surface area (Å²) in [6.07, 6.45) is -0.685. The molecule has 0 radical (unpaired) electrons. The summed E-state index contributed by atoms with van der Waals surface area (Å²) in [4.78, 5) is 33.0. The van der Waals surface area contributed by atoms with Crippen molar-refractivity contribution in [1.82, 2.24) is 5.32 Å². The van der Waals surface area contributed by atoms with E-state index in [1.165, 1.54) is 0 Å². The lowest BCUT2D eigenvalue weighted by Gasteiger charge is -2.14. The van der Waals surface area contributed by atoms with Gasteiger partial charge in [0.1, 0.15) is 6.04 Å². The Morgan fingerprint density at radius 2 is 1.85 bits per heavy atom. The Kier molecular flexibility index (Phi) is 5.08. The molecule has 7 heteroatoms. The molecule has 0 aromatic heterocycles. The first-order valence-corrected chi connectivity index (χ1v) is 5.89. The fraction of sp³-hybridized carbons (Fsp3) is 0.308. The molecule has 7 nitrogen and oxygen atoms in total. The van der Waals surface area contributed by atoms with E-state index in [1.807, 2.05) is 13.0 Å². The van der Waals surface area contributed by atoms with Crippen molar-refractivity contribution in [1.29, 1.82) is 0 Å². The van der Waals surface area contributed by atoms with Crippen LogP contribution in [0.3, 0.4) is 0 Å². The van der Waals surface area contributed by atoms with E-state index in [0.717, 1.165) is 11.1 Å². The molecular formula is C13H16N2O5. The zero-order valence-corrected chi connectivity index (χ0v) is 11.1. The molecule has 0 aliphatic carbocycles. The monoisotopic (exact) mass is 280 g/mol. The molecule has 1 atom stereocenters. The number of aryl methyl sites for hydroxylation is 2. The molecule has 1 aromatic rings. The average Bonchev–Trinajstić information content (AvgIpc) is 2.31. The number of carboxylic acids is 2. The lowest BCUT2D eigenvalue weighted by Crippen LogP contribution is -2.44. The van der Waals surface area contributed by atoms with Crippen LogP contribution in [-0.4, -0.2) is 34.2 Å². The molecule has 0 saturated carbocycles. The zero-order valence-electron chi connectivity index (χ0n) is 11.1. The van der Waals surface area contributed by atoms with Crippen LogP contribution in [0.5, 0.6) is 0 Å². The molecule has 0 saturated heterocycles. The van der Waals surface area contributed by atoms with Crippen molar-refractivity contribution in [2.24, 2.45) is 0 Å². The van der Waals surface area contributed by atoms with Gasteiger partial charge in [-0.3, -0.25) is 4.79 Å². The van der Waals surface area contributed by atoms with Gasteiger partial charge in [0, 0.05) is 5.69 Å². The third-order valence-electron chi connectivity index (χ3n) is 2.61. The summed E-state index contributed by atoms with van der Waals surface area (Å²) in [6, 6.07) is 3.12. The second-order valence-electron chi connectivity index (χ2n) is 4.41.